The zero-order valence-corrected chi connectivity index (χ0v) is 25.1. The Balaban J connectivity index is 1.39. The maximum atomic E-state index is 13.9. The number of hydrogen-bond acceptors (Lipinski definition) is 5. The van der Waals surface area contributed by atoms with Crippen LogP contribution >= 0.6 is 11.6 Å². The number of rotatable bonds is 8. The highest BCUT2D eigenvalue weighted by Gasteiger charge is 2.36. The van der Waals surface area contributed by atoms with Gasteiger partial charge < -0.3 is 4.74 Å². The Morgan fingerprint density at radius 3 is 2.22 bits per heavy atom. The number of amides is 2. The Hall–Kier alpha value is -5.71. The van der Waals surface area contributed by atoms with Gasteiger partial charge in [0.25, 0.3) is 11.8 Å². The molecule has 0 aliphatic carbocycles. The molecule has 0 fully saturated rings. The van der Waals surface area contributed by atoms with Crippen LogP contribution < -0.4 is 4.74 Å². The van der Waals surface area contributed by atoms with Gasteiger partial charge >= 0.3 is 0 Å². The number of halogens is 1. The zero-order valence-electron chi connectivity index (χ0n) is 24.4. The molecule has 5 aromatic rings. The highest BCUT2D eigenvalue weighted by atomic mass is 35.5. The maximum absolute atomic E-state index is 13.9. The van der Waals surface area contributed by atoms with Crippen LogP contribution in [0.4, 0.5) is 0 Å². The number of carbonyl (C=O) groups excluding carboxylic acids is 2. The first-order valence-electron chi connectivity index (χ1n) is 14.3. The van der Waals surface area contributed by atoms with Crippen molar-refractivity contribution in [1.82, 2.24) is 14.7 Å². The van der Waals surface area contributed by atoms with Gasteiger partial charge in [-0.3, -0.25) is 14.5 Å². The summed E-state index contributed by atoms with van der Waals surface area (Å²) in [6, 6.07) is 36.2. The Morgan fingerprint density at radius 1 is 0.867 bits per heavy atom. The third kappa shape index (κ3) is 6.19. The molecular formula is C37H27ClN4O3. The number of nitriles is 1. The van der Waals surface area contributed by atoms with E-state index in [9.17, 15) is 14.9 Å². The number of imide groups is 1. The zero-order chi connectivity index (χ0) is 31.3. The fourth-order valence-electron chi connectivity index (χ4n) is 5.11. The number of carbonyl (C=O) groups is 2. The monoisotopic (exact) mass is 610 g/mol. The minimum atomic E-state index is -0.650. The van der Waals surface area contributed by atoms with Crippen molar-refractivity contribution in [1.29, 1.82) is 5.26 Å². The summed E-state index contributed by atoms with van der Waals surface area (Å²) < 4.78 is 7.72. The molecule has 2 amide bonds. The van der Waals surface area contributed by atoms with E-state index in [0.717, 1.165) is 21.7 Å². The molecule has 0 radical (unpaired) electrons. The molecule has 6 rings (SSSR count). The van der Waals surface area contributed by atoms with E-state index in [1.807, 2.05) is 97.2 Å². The molecule has 8 heteroatoms. The van der Waals surface area contributed by atoms with Crippen LogP contribution in [-0.4, -0.2) is 26.5 Å². The lowest BCUT2D eigenvalue weighted by Gasteiger charge is -2.27. The lowest BCUT2D eigenvalue weighted by atomic mass is 9.93. The molecule has 1 aliphatic heterocycles. The van der Waals surface area contributed by atoms with Gasteiger partial charge in [0.2, 0.25) is 0 Å². The van der Waals surface area contributed by atoms with Crippen molar-refractivity contribution >= 4 is 29.5 Å². The quantitative estimate of drug-likeness (QED) is 0.134. The number of ether oxygens (including phenoxy) is 1. The average molecular weight is 611 g/mol. The molecule has 7 nitrogen and oxygen atoms in total. The molecule has 1 aromatic heterocycles. The first-order valence-corrected chi connectivity index (χ1v) is 14.7. The average Bonchev–Trinajstić information content (AvgIpc) is 3.50. The Morgan fingerprint density at radius 2 is 1.53 bits per heavy atom. The number of hydrogen-bond donors (Lipinski definition) is 0. The van der Waals surface area contributed by atoms with Crippen LogP contribution in [0.15, 0.2) is 132 Å². The summed E-state index contributed by atoms with van der Waals surface area (Å²) in [5.74, 6) is -0.457. The summed E-state index contributed by atoms with van der Waals surface area (Å²) >= 11 is 6.35. The molecule has 0 bridgehead atoms. The van der Waals surface area contributed by atoms with E-state index >= 15 is 0 Å². The highest BCUT2D eigenvalue weighted by molar-refractivity contribution is 6.31. The van der Waals surface area contributed by atoms with Gasteiger partial charge in [0.05, 0.1) is 17.9 Å². The van der Waals surface area contributed by atoms with Crippen molar-refractivity contribution in [3.63, 3.8) is 0 Å². The fourth-order valence-corrected chi connectivity index (χ4v) is 5.30. The van der Waals surface area contributed by atoms with E-state index in [2.05, 4.69) is 0 Å². The third-order valence-electron chi connectivity index (χ3n) is 7.55. The molecule has 0 N–H and O–H groups in total. The maximum Gasteiger partial charge on any atom is 0.271 e. The summed E-state index contributed by atoms with van der Waals surface area (Å²) in [6.07, 6.45) is 3.53. The molecule has 0 saturated carbocycles. The minimum absolute atomic E-state index is 0.0618. The summed E-state index contributed by atoms with van der Waals surface area (Å²) in [5.41, 5.74) is 5.02. The minimum Gasteiger partial charge on any atom is -0.489 e. The van der Waals surface area contributed by atoms with E-state index in [1.165, 1.54) is 0 Å². The Bertz CT molecular complexity index is 1990. The Kier molecular flexibility index (Phi) is 8.41. The largest absolute Gasteiger partial charge is 0.489 e. The second kappa shape index (κ2) is 12.9. The van der Waals surface area contributed by atoms with Crippen LogP contribution in [0.5, 0.6) is 5.75 Å². The van der Waals surface area contributed by atoms with Crippen molar-refractivity contribution in [2.45, 2.75) is 20.1 Å². The van der Waals surface area contributed by atoms with Crippen molar-refractivity contribution < 1.29 is 14.3 Å². The summed E-state index contributed by atoms with van der Waals surface area (Å²) in [4.78, 5) is 28.2. The van der Waals surface area contributed by atoms with Crippen molar-refractivity contribution in [2.24, 2.45) is 0 Å². The van der Waals surface area contributed by atoms with Crippen molar-refractivity contribution in [2.75, 3.05) is 0 Å². The molecule has 4 aromatic carbocycles. The molecule has 1 aliphatic rings. The molecule has 45 heavy (non-hydrogen) atoms. The van der Waals surface area contributed by atoms with Crippen LogP contribution in [0.2, 0.25) is 5.02 Å². The first-order chi connectivity index (χ1) is 21.9. The topological polar surface area (TPSA) is 88.2 Å². The highest BCUT2D eigenvalue weighted by Crippen LogP contribution is 2.33. The van der Waals surface area contributed by atoms with E-state index in [0.29, 0.717) is 39.8 Å². The summed E-state index contributed by atoms with van der Waals surface area (Å²) in [6.45, 7) is 2.00. The van der Waals surface area contributed by atoms with E-state index < -0.39 is 11.8 Å². The predicted octanol–water partition coefficient (Wildman–Crippen LogP) is 7.56. The molecular weight excluding hydrogens is 584 g/mol. The first kappa shape index (κ1) is 29.4. The van der Waals surface area contributed by atoms with Crippen molar-refractivity contribution in [3.8, 4) is 28.8 Å². The standard InChI is InChI=1S/C37H27ClN4O3/c1-25-32(36(43)41(37(44)33(25)21-39)22-28-12-8-9-15-34(28)38)20-29-23-42(30-13-6-3-7-14-30)40-35(29)27-16-18-31(19-17-27)45-24-26-10-4-2-5-11-26/h2-20,23H,22,24H2,1H3/b32-20+. The number of aromatic nitrogens is 2. The normalized spacial score (nSPS) is 14.2. The smallest absolute Gasteiger partial charge is 0.271 e. The van der Waals surface area contributed by atoms with Gasteiger partial charge in [0.15, 0.2) is 0 Å². The van der Waals surface area contributed by atoms with Crippen LogP contribution in [-0.2, 0) is 22.7 Å². The number of nitrogens with zero attached hydrogens (tertiary/aromatic N) is 4. The second-order valence-electron chi connectivity index (χ2n) is 10.5. The molecule has 0 atom stereocenters. The molecule has 0 saturated heterocycles. The predicted molar refractivity (Wildman–Crippen MR) is 173 cm³/mol. The molecule has 220 valence electrons. The fraction of sp³-hybridized carbons (Fsp3) is 0.0811. The van der Waals surface area contributed by atoms with Gasteiger partial charge in [-0.1, -0.05) is 78.3 Å². The molecule has 2 heterocycles. The van der Waals surface area contributed by atoms with Gasteiger partial charge in [-0.2, -0.15) is 10.4 Å². The van der Waals surface area contributed by atoms with Crippen LogP contribution in [0, 0.1) is 11.3 Å². The van der Waals surface area contributed by atoms with Gasteiger partial charge in [-0.15, -0.1) is 0 Å². The SMILES string of the molecule is CC1=C(C#N)C(=O)N(Cc2ccccc2Cl)C(=O)/C1=C/c1cn(-c2ccccc2)nc1-c1ccc(OCc2ccccc2)cc1. The van der Waals surface area contributed by atoms with E-state index in [4.69, 9.17) is 21.4 Å². The lowest BCUT2D eigenvalue weighted by molar-refractivity contribution is -0.141. The third-order valence-corrected chi connectivity index (χ3v) is 7.92. The number of para-hydroxylation sites is 1. The summed E-state index contributed by atoms with van der Waals surface area (Å²) in [5, 5.41) is 15.2. The van der Waals surface area contributed by atoms with Gasteiger partial charge in [-0.25, -0.2) is 4.68 Å². The lowest BCUT2D eigenvalue weighted by Crippen LogP contribution is -2.42. The van der Waals surface area contributed by atoms with Crippen molar-refractivity contribution in [3.05, 3.63) is 154 Å². The van der Waals surface area contributed by atoms with Crippen LogP contribution in [0.25, 0.3) is 23.0 Å². The molecule has 0 unspecified atom stereocenters. The van der Waals surface area contributed by atoms with E-state index in [-0.39, 0.29) is 17.7 Å². The second-order valence-corrected chi connectivity index (χ2v) is 10.9. The van der Waals surface area contributed by atoms with Crippen LogP contribution in [0.1, 0.15) is 23.6 Å². The van der Waals surface area contributed by atoms with Gasteiger partial charge in [0, 0.05) is 27.9 Å². The summed E-state index contributed by atoms with van der Waals surface area (Å²) in [7, 11) is 0. The van der Waals surface area contributed by atoms with E-state index in [1.54, 1.807) is 41.9 Å². The van der Waals surface area contributed by atoms with Crippen LogP contribution in [0.3, 0.4) is 0 Å². The number of benzene rings is 4. The van der Waals surface area contributed by atoms with Gasteiger partial charge in [0.1, 0.15) is 24.0 Å². The van der Waals surface area contributed by atoms with Gasteiger partial charge in [-0.05, 0) is 72.2 Å². The molecule has 0 spiro atoms. The Labute approximate surface area is 265 Å².